The summed E-state index contributed by atoms with van der Waals surface area (Å²) in [4.78, 5) is 0. The second-order valence-electron chi connectivity index (χ2n) is 3.45. The monoisotopic (exact) mass is 210 g/mol. The van der Waals surface area contributed by atoms with Gasteiger partial charge in [-0.05, 0) is 25.2 Å². The molecule has 3 atom stereocenters. The summed E-state index contributed by atoms with van der Waals surface area (Å²) in [5.74, 6) is 0.233. The number of hydrogen-bond donors (Lipinski definition) is 3. The Hall–Kier alpha value is 0.170. The molecule has 0 radical (unpaired) electrons. The second-order valence-corrected chi connectivity index (χ2v) is 3.76. The Labute approximate surface area is 84.3 Å². The van der Waals surface area contributed by atoms with Crippen molar-refractivity contribution < 1.29 is 15.3 Å². The van der Waals surface area contributed by atoms with Crippen molar-refractivity contribution in [2.24, 2.45) is 5.92 Å². The Morgan fingerprint density at radius 2 is 1.92 bits per heavy atom. The molecule has 0 aliphatic carbocycles. The number of hydrogen-bond acceptors (Lipinski definition) is 3. The normalized spacial score (nSPS) is 18.2. The fourth-order valence-electron chi connectivity index (χ4n) is 1.23. The van der Waals surface area contributed by atoms with E-state index in [-0.39, 0.29) is 18.4 Å². The number of halogens is 1. The maximum atomic E-state index is 9.53. The van der Waals surface area contributed by atoms with Gasteiger partial charge >= 0.3 is 0 Å². The summed E-state index contributed by atoms with van der Waals surface area (Å²) in [5, 5.41) is 27.3. The lowest BCUT2D eigenvalue weighted by Crippen LogP contribution is -2.23. The molecule has 3 unspecified atom stereocenters. The van der Waals surface area contributed by atoms with Crippen LogP contribution in [0, 0.1) is 5.92 Å². The third-order valence-electron chi connectivity index (χ3n) is 2.14. The molecular formula is C9H19ClO3. The standard InChI is InChI=1S/C9H19ClO3/c1-7(5-8(12)6-10)9(13)3-2-4-11/h7-9,11-13H,2-6H2,1H3. The van der Waals surface area contributed by atoms with Gasteiger partial charge < -0.3 is 15.3 Å². The topological polar surface area (TPSA) is 60.7 Å². The van der Waals surface area contributed by atoms with Crippen molar-refractivity contribution in [1.29, 1.82) is 0 Å². The summed E-state index contributed by atoms with van der Waals surface area (Å²) in [6, 6.07) is 0. The van der Waals surface area contributed by atoms with Crippen molar-refractivity contribution in [3.05, 3.63) is 0 Å². The van der Waals surface area contributed by atoms with E-state index in [0.29, 0.717) is 19.3 Å². The van der Waals surface area contributed by atoms with Crippen LogP contribution in [0.25, 0.3) is 0 Å². The van der Waals surface area contributed by atoms with E-state index < -0.39 is 12.2 Å². The summed E-state index contributed by atoms with van der Waals surface area (Å²) in [6.07, 6.45) is 0.691. The van der Waals surface area contributed by atoms with Crippen molar-refractivity contribution in [3.63, 3.8) is 0 Å². The van der Waals surface area contributed by atoms with Crippen molar-refractivity contribution in [2.75, 3.05) is 12.5 Å². The highest BCUT2D eigenvalue weighted by molar-refractivity contribution is 6.18. The highest BCUT2D eigenvalue weighted by atomic mass is 35.5. The molecule has 0 aromatic carbocycles. The van der Waals surface area contributed by atoms with Gasteiger partial charge in [-0.3, -0.25) is 0 Å². The van der Waals surface area contributed by atoms with Gasteiger partial charge in [0.1, 0.15) is 0 Å². The molecule has 3 nitrogen and oxygen atoms in total. The van der Waals surface area contributed by atoms with E-state index in [0.717, 1.165) is 0 Å². The zero-order valence-corrected chi connectivity index (χ0v) is 8.74. The van der Waals surface area contributed by atoms with Gasteiger partial charge in [-0.25, -0.2) is 0 Å². The van der Waals surface area contributed by atoms with Crippen LogP contribution in [-0.2, 0) is 0 Å². The molecule has 0 spiro atoms. The lowest BCUT2D eigenvalue weighted by atomic mass is 9.95. The van der Waals surface area contributed by atoms with Gasteiger partial charge in [-0.15, -0.1) is 11.6 Å². The Balaban J connectivity index is 3.61. The van der Waals surface area contributed by atoms with Crippen molar-refractivity contribution in [1.82, 2.24) is 0 Å². The fourth-order valence-corrected chi connectivity index (χ4v) is 1.36. The summed E-state index contributed by atoms with van der Waals surface area (Å²) in [6.45, 7) is 1.97. The van der Waals surface area contributed by atoms with E-state index in [1.54, 1.807) is 0 Å². The van der Waals surface area contributed by atoms with Gasteiger partial charge in [0.2, 0.25) is 0 Å². The first kappa shape index (κ1) is 13.2. The third-order valence-corrected chi connectivity index (χ3v) is 2.49. The van der Waals surface area contributed by atoms with Crippen LogP contribution >= 0.6 is 11.6 Å². The van der Waals surface area contributed by atoms with Gasteiger partial charge in [0.05, 0.1) is 12.2 Å². The first-order chi connectivity index (χ1) is 6.11. The molecule has 0 aromatic heterocycles. The average molecular weight is 211 g/mol. The highest BCUT2D eigenvalue weighted by Crippen LogP contribution is 2.15. The van der Waals surface area contributed by atoms with Crippen LogP contribution in [0.5, 0.6) is 0 Å². The molecule has 0 heterocycles. The molecule has 0 amide bonds. The smallest absolute Gasteiger partial charge is 0.0679 e. The van der Waals surface area contributed by atoms with Crippen LogP contribution in [0.4, 0.5) is 0 Å². The zero-order valence-electron chi connectivity index (χ0n) is 7.99. The first-order valence-corrected chi connectivity index (χ1v) is 5.18. The van der Waals surface area contributed by atoms with Crippen LogP contribution in [0.3, 0.4) is 0 Å². The molecule has 3 N–H and O–H groups in total. The lowest BCUT2D eigenvalue weighted by molar-refractivity contribution is 0.0656. The second kappa shape index (κ2) is 7.56. The summed E-state index contributed by atoms with van der Waals surface area (Å²) >= 11 is 5.43. The van der Waals surface area contributed by atoms with Crippen molar-refractivity contribution in [3.8, 4) is 0 Å². The Morgan fingerprint density at radius 3 is 2.38 bits per heavy atom. The quantitative estimate of drug-likeness (QED) is 0.544. The van der Waals surface area contributed by atoms with Crippen LogP contribution in [-0.4, -0.2) is 40.0 Å². The predicted octanol–water partition coefficient (Wildman–Crippen LogP) is 0.746. The lowest BCUT2D eigenvalue weighted by Gasteiger charge is -2.20. The largest absolute Gasteiger partial charge is 0.396 e. The van der Waals surface area contributed by atoms with Gasteiger partial charge in [0.15, 0.2) is 0 Å². The minimum atomic E-state index is -0.541. The fraction of sp³-hybridized carbons (Fsp3) is 1.00. The van der Waals surface area contributed by atoms with Crippen LogP contribution < -0.4 is 0 Å². The maximum Gasteiger partial charge on any atom is 0.0679 e. The van der Waals surface area contributed by atoms with E-state index in [4.69, 9.17) is 16.7 Å². The van der Waals surface area contributed by atoms with Crippen LogP contribution in [0.2, 0.25) is 0 Å². The van der Waals surface area contributed by atoms with Crippen molar-refractivity contribution >= 4 is 11.6 Å². The molecule has 4 heteroatoms. The molecule has 0 aromatic rings. The number of aliphatic hydroxyl groups is 3. The van der Waals surface area contributed by atoms with E-state index in [9.17, 15) is 10.2 Å². The van der Waals surface area contributed by atoms with E-state index in [2.05, 4.69) is 0 Å². The van der Waals surface area contributed by atoms with Gasteiger partial charge in [-0.2, -0.15) is 0 Å². The van der Waals surface area contributed by atoms with Gasteiger partial charge in [-0.1, -0.05) is 6.92 Å². The molecule has 80 valence electrons. The SMILES string of the molecule is CC(CC(O)CCl)C(O)CCCO. The molecule has 0 aliphatic rings. The minimum absolute atomic E-state index is 0.0281. The highest BCUT2D eigenvalue weighted by Gasteiger charge is 2.17. The number of rotatable bonds is 7. The Kier molecular flexibility index (Phi) is 7.66. The van der Waals surface area contributed by atoms with Gasteiger partial charge in [0.25, 0.3) is 0 Å². The Morgan fingerprint density at radius 1 is 1.31 bits per heavy atom. The van der Waals surface area contributed by atoms with Crippen molar-refractivity contribution in [2.45, 2.75) is 38.4 Å². The van der Waals surface area contributed by atoms with Crippen LogP contribution in [0.15, 0.2) is 0 Å². The van der Waals surface area contributed by atoms with Crippen LogP contribution in [0.1, 0.15) is 26.2 Å². The number of aliphatic hydroxyl groups excluding tert-OH is 3. The molecule has 0 aliphatic heterocycles. The third kappa shape index (κ3) is 6.27. The molecule has 0 saturated carbocycles. The van der Waals surface area contributed by atoms with E-state index in [1.165, 1.54) is 0 Å². The predicted molar refractivity (Wildman–Crippen MR) is 52.8 cm³/mol. The number of alkyl halides is 1. The summed E-state index contributed by atoms with van der Waals surface area (Å²) < 4.78 is 0. The zero-order chi connectivity index (χ0) is 10.3. The summed E-state index contributed by atoms with van der Waals surface area (Å²) in [5.41, 5.74) is 0. The van der Waals surface area contributed by atoms with E-state index in [1.807, 2.05) is 6.92 Å². The molecule has 13 heavy (non-hydrogen) atoms. The molecule has 0 bridgehead atoms. The first-order valence-electron chi connectivity index (χ1n) is 4.64. The van der Waals surface area contributed by atoms with E-state index >= 15 is 0 Å². The average Bonchev–Trinajstić information content (AvgIpc) is 2.13. The van der Waals surface area contributed by atoms with Gasteiger partial charge in [0, 0.05) is 12.5 Å². The summed E-state index contributed by atoms with van der Waals surface area (Å²) in [7, 11) is 0. The minimum Gasteiger partial charge on any atom is -0.396 e. The molecule has 0 rings (SSSR count). The molecule has 0 fully saturated rings. The molecular weight excluding hydrogens is 192 g/mol. The molecule has 0 saturated heterocycles. The Bertz CT molecular complexity index is 121. The maximum absolute atomic E-state index is 9.53.